The number of rotatable bonds is 6. The van der Waals surface area contributed by atoms with E-state index in [1.165, 1.54) is 5.01 Å². The monoisotopic (exact) mass is 247 g/mol. The first-order valence-corrected chi connectivity index (χ1v) is 6.80. The number of nitrogens with one attached hydrogen (secondary N) is 1. The molecule has 1 unspecified atom stereocenters. The first kappa shape index (κ1) is 12.2. The maximum atomic E-state index is 4.35. The number of nitrogens with zero attached hydrogens (tertiary/aromatic N) is 2. The molecule has 2 aromatic rings. The highest BCUT2D eigenvalue weighted by Gasteiger charge is 2.10. The number of aromatic nitrogens is 2. The summed E-state index contributed by atoms with van der Waals surface area (Å²) in [6.45, 7) is 3.12. The lowest BCUT2D eigenvalue weighted by atomic mass is 10.2. The van der Waals surface area contributed by atoms with Gasteiger partial charge in [0.1, 0.15) is 5.01 Å². The molecule has 17 heavy (non-hydrogen) atoms. The van der Waals surface area contributed by atoms with E-state index >= 15 is 0 Å². The molecular formula is C13H17N3S. The summed E-state index contributed by atoms with van der Waals surface area (Å²) in [6, 6.07) is 6.41. The first-order valence-electron chi connectivity index (χ1n) is 5.93. The van der Waals surface area contributed by atoms with Crippen LogP contribution in [0.25, 0.3) is 0 Å². The number of thiazole rings is 1. The Kier molecular flexibility index (Phi) is 4.64. The molecule has 0 aliphatic rings. The Hall–Kier alpha value is -1.26. The molecule has 2 aromatic heterocycles. The average molecular weight is 247 g/mol. The smallest absolute Gasteiger partial charge is 0.109 e. The molecule has 0 radical (unpaired) electrons. The lowest BCUT2D eigenvalue weighted by Crippen LogP contribution is -2.23. The molecule has 0 fully saturated rings. The van der Waals surface area contributed by atoms with E-state index in [1.807, 2.05) is 29.9 Å². The highest BCUT2D eigenvalue weighted by Crippen LogP contribution is 2.18. The van der Waals surface area contributed by atoms with Gasteiger partial charge in [0.25, 0.3) is 0 Å². The van der Waals surface area contributed by atoms with Gasteiger partial charge in [0, 0.05) is 36.4 Å². The van der Waals surface area contributed by atoms with E-state index in [-0.39, 0.29) is 0 Å². The molecule has 2 rings (SSSR count). The normalized spacial score (nSPS) is 12.5. The summed E-state index contributed by atoms with van der Waals surface area (Å²) in [5.41, 5.74) is 1.13. The standard InChI is InChI=1S/C13H17N3S/c1-2-12(13-16-9-10-17-13)15-8-6-11-5-3-4-7-14-11/h3-5,7,9-10,12,15H,2,6,8H2,1H3. The van der Waals surface area contributed by atoms with Crippen LogP contribution in [0.2, 0.25) is 0 Å². The van der Waals surface area contributed by atoms with Gasteiger partial charge in [0.2, 0.25) is 0 Å². The van der Waals surface area contributed by atoms with Gasteiger partial charge >= 0.3 is 0 Å². The third-order valence-corrected chi connectivity index (χ3v) is 3.55. The zero-order chi connectivity index (χ0) is 11.9. The van der Waals surface area contributed by atoms with E-state index in [2.05, 4.69) is 28.3 Å². The number of hydrogen-bond acceptors (Lipinski definition) is 4. The van der Waals surface area contributed by atoms with Gasteiger partial charge in [0.05, 0.1) is 6.04 Å². The second-order valence-electron chi connectivity index (χ2n) is 3.86. The van der Waals surface area contributed by atoms with Gasteiger partial charge in [-0.05, 0) is 18.6 Å². The summed E-state index contributed by atoms with van der Waals surface area (Å²) >= 11 is 1.71. The fraction of sp³-hybridized carbons (Fsp3) is 0.385. The van der Waals surface area contributed by atoms with E-state index in [0.717, 1.165) is 25.1 Å². The Morgan fingerprint density at radius 2 is 2.24 bits per heavy atom. The third-order valence-electron chi connectivity index (χ3n) is 2.66. The molecule has 2 heterocycles. The molecule has 90 valence electrons. The molecular weight excluding hydrogens is 230 g/mol. The van der Waals surface area contributed by atoms with Crippen LogP contribution in [0.1, 0.15) is 30.1 Å². The molecule has 3 nitrogen and oxygen atoms in total. The van der Waals surface area contributed by atoms with Crippen molar-refractivity contribution in [2.24, 2.45) is 0 Å². The molecule has 0 saturated heterocycles. The van der Waals surface area contributed by atoms with Gasteiger partial charge in [-0.2, -0.15) is 0 Å². The minimum atomic E-state index is 0.374. The van der Waals surface area contributed by atoms with E-state index in [0.29, 0.717) is 6.04 Å². The van der Waals surface area contributed by atoms with Crippen LogP contribution in [0.15, 0.2) is 36.0 Å². The minimum Gasteiger partial charge on any atom is -0.308 e. The van der Waals surface area contributed by atoms with E-state index in [4.69, 9.17) is 0 Å². The molecule has 0 amide bonds. The molecule has 0 aliphatic heterocycles. The molecule has 0 aliphatic carbocycles. The predicted molar refractivity (Wildman–Crippen MR) is 71.1 cm³/mol. The van der Waals surface area contributed by atoms with Crippen molar-refractivity contribution < 1.29 is 0 Å². The van der Waals surface area contributed by atoms with Gasteiger partial charge in [-0.25, -0.2) is 4.98 Å². The summed E-state index contributed by atoms with van der Waals surface area (Å²) in [6.07, 6.45) is 5.73. The van der Waals surface area contributed by atoms with Gasteiger partial charge in [0.15, 0.2) is 0 Å². The van der Waals surface area contributed by atoms with E-state index in [1.54, 1.807) is 11.3 Å². The van der Waals surface area contributed by atoms with Crippen molar-refractivity contribution in [3.05, 3.63) is 46.7 Å². The van der Waals surface area contributed by atoms with Crippen molar-refractivity contribution in [1.82, 2.24) is 15.3 Å². The zero-order valence-corrected chi connectivity index (χ0v) is 10.8. The van der Waals surface area contributed by atoms with Gasteiger partial charge in [-0.3, -0.25) is 4.98 Å². The summed E-state index contributed by atoms with van der Waals surface area (Å²) in [5.74, 6) is 0. The van der Waals surface area contributed by atoms with Crippen LogP contribution in [-0.4, -0.2) is 16.5 Å². The maximum Gasteiger partial charge on any atom is 0.109 e. The van der Waals surface area contributed by atoms with Gasteiger partial charge in [-0.1, -0.05) is 13.0 Å². The second-order valence-corrected chi connectivity index (χ2v) is 4.78. The minimum absolute atomic E-state index is 0.374. The predicted octanol–water partition coefficient (Wildman–Crippen LogP) is 2.82. The topological polar surface area (TPSA) is 37.8 Å². The van der Waals surface area contributed by atoms with E-state index in [9.17, 15) is 0 Å². The van der Waals surface area contributed by atoms with Crippen LogP contribution in [0.5, 0.6) is 0 Å². The molecule has 4 heteroatoms. The SMILES string of the molecule is CCC(NCCc1ccccn1)c1nccs1. The van der Waals surface area contributed by atoms with Crippen LogP contribution in [0.3, 0.4) is 0 Å². The average Bonchev–Trinajstić information content (AvgIpc) is 2.90. The van der Waals surface area contributed by atoms with Crippen molar-refractivity contribution in [2.45, 2.75) is 25.8 Å². The summed E-state index contributed by atoms with van der Waals surface area (Å²) in [4.78, 5) is 8.66. The summed E-state index contributed by atoms with van der Waals surface area (Å²) in [5, 5.41) is 6.73. The second kappa shape index (κ2) is 6.47. The molecule has 0 spiro atoms. The molecule has 0 aromatic carbocycles. The highest BCUT2D eigenvalue weighted by atomic mass is 32.1. The fourth-order valence-corrected chi connectivity index (χ4v) is 2.53. The van der Waals surface area contributed by atoms with Gasteiger partial charge in [-0.15, -0.1) is 11.3 Å². The number of pyridine rings is 1. The van der Waals surface area contributed by atoms with Crippen LogP contribution >= 0.6 is 11.3 Å². The quantitative estimate of drug-likeness (QED) is 0.853. The zero-order valence-electron chi connectivity index (χ0n) is 9.97. The number of hydrogen-bond donors (Lipinski definition) is 1. The van der Waals surface area contributed by atoms with Crippen LogP contribution in [0.4, 0.5) is 0 Å². The van der Waals surface area contributed by atoms with Crippen molar-refractivity contribution in [2.75, 3.05) is 6.54 Å². The third kappa shape index (κ3) is 3.61. The lowest BCUT2D eigenvalue weighted by Gasteiger charge is -2.13. The lowest BCUT2D eigenvalue weighted by molar-refractivity contribution is 0.518. The molecule has 1 atom stereocenters. The highest BCUT2D eigenvalue weighted by molar-refractivity contribution is 7.09. The van der Waals surface area contributed by atoms with Crippen molar-refractivity contribution in [3.63, 3.8) is 0 Å². The molecule has 1 N–H and O–H groups in total. The van der Waals surface area contributed by atoms with E-state index < -0.39 is 0 Å². The Morgan fingerprint density at radius 1 is 1.29 bits per heavy atom. The fourth-order valence-electron chi connectivity index (χ4n) is 1.73. The van der Waals surface area contributed by atoms with Crippen molar-refractivity contribution >= 4 is 11.3 Å². The summed E-state index contributed by atoms with van der Waals surface area (Å²) in [7, 11) is 0. The Balaban J connectivity index is 1.81. The van der Waals surface area contributed by atoms with Crippen LogP contribution < -0.4 is 5.32 Å². The maximum absolute atomic E-state index is 4.35. The molecule has 0 bridgehead atoms. The Labute approximate surface area is 106 Å². The summed E-state index contributed by atoms with van der Waals surface area (Å²) < 4.78 is 0. The Morgan fingerprint density at radius 3 is 2.88 bits per heavy atom. The van der Waals surface area contributed by atoms with Crippen LogP contribution in [-0.2, 0) is 6.42 Å². The van der Waals surface area contributed by atoms with Gasteiger partial charge < -0.3 is 5.32 Å². The largest absolute Gasteiger partial charge is 0.308 e. The Bertz CT molecular complexity index is 413. The van der Waals surface area contributed by atoms with Crippen molar-refractivity contribution in [3.8, 4) is 0 Å². The molecule has 0 saturated carbocycles. The van der Waals surface area contributed by atoms with Crippen LogP contribution in [0, 0.1) is 0 Å². The first-order chi connectivity index (χ1) is 8.40. The van der Waals surface area contributed by atoms with Crippen molar-refractivity contribution in [1.29, 1.82) is 0 Å².